The first-order chi connectivity index (χ1) is 15.2. The van der Waals surface area contributed by atoms with Crippen LogP contribution in [0.25, 0.3) is 17.1 Å². The summed E-state index contributed by atoms with van der Waals surface area (Å²) in [6.07, 6.45) is 5.80. The molecule has 0 spiro atoms. The van der Waals surface area contributed by atoms with Crippen molar-refractivity contribution < 1.29 is 9.21 Å². The van der Waals surface area contributed by atoms with Crippen LogP contribution in [-0.2, 0) is 13.5 Å². The van der Waals surface area contributed by atoms with E-state index in [9.17, 15) is 4.79 Å². The number of nitrogens with one attached hydrogen (secondary N) is 1. The van der Waals surface area contributed by atoms with Crippen molar-refractivity contribution in [2.75, 3.05) is 6.54 Å². The molecule has 0 fully saturated rings. The molecular weight excluding hydrogens is 398 g/mol. The summed E-state index contributed by atoms with van der Waals surface area (Å²) in [5.74, 6) is -0.203. The maximum Gasteiger partial charge on any atom is 0.312 e. The highest BCUT2D eigenvalue weighted by Crippen LogP contribution is 2.34. The monoisotopic (exact) mass is 415 g/mol. The van der Waals surface area contributed by atoms with Gasteiger partial charge in [-0.3, -0.25) is 9.48 Å². The molecule has 0 unspecified atom stereocenters. The van der Waals surface area contributed by atoms with Gasteiger partial charge >= 0.3 is 11.8 Å². The molecule has 11 heteroatoms. The lowest BCUT2D eigenvalue weighted by atomic mass is 9.99. The zero-order valence-electron chi connectivity index (χ0n) is 16.5. The highest BCUT2D eigenvalue weighted by molar-refractivity contribution is 5.90. The molecule has 0 bridgehead atoms. The van der Waals surface area contributed by atoms with Crippen molar-refractivity contribution in [2.24, 2.45) is 7.05 Å². The summed E-state index contributed by atoms with van der Waals surface area (Å²) in [5, 5.41) is 16.8. The van der Waals surface area contributed by atoms with E-state index in [1.165, 1.54) is 0 Å². The molecule has 1 amide bonds. The SMILES string of the molecule is Cn1nccc1-c1nnc(C(=O)N2CCc3[nH]cnc3[C@H]2c2cc3ccccn3n2)o1. The van der Waals surface area contributed by atoms with Gasteiger partial charge in [-0.1, -0.05) is 6.07 Å². The van der Waals surface area contributed by atoms with Gasteiger partial charge in [-0.15, -0.1) is 10.2 Å². The van der Waals surface area contributed by atoms with Crippen molar-refractivity contribution in [1.82, 2.24) is 44.5 Å². The molecule has 0 radical (unpaired) electrons. The number of hydrogen-bond donors (Lipinski definition) is 1. The molecule has 154 valence electrons. The fraction of sp³-hybridized carbons (Fsp3) is 0.200. The number of aryl methyl sites for hydroxylation is 1. The predicted octanol–water partition coefficient (Wildman–Crippen LogP) is 1.63. The fourth-order valence-corrected chi connectivity index (χ4v) is 4.01. The van der Waals surface area contributed by atoms with Crippen molar-refractivity contribution in [2.45, 2.75) is 12.5 Å². The van der Waals surface area contributed by atoms with E-state index < -0.39 is 6.04 Å². The van der Waals surface area contributed by atoms with Gasteiger partial charge in [0.05, 0.1) is 23.2 Å². The summed E-state index contributed by atoms with van der Waals surface area (Å²) in [4.78, 5) is 22.8. The van der Waals surface area contributed by atoms with Gasteiger partial charge in [-0.05, 0) is 24.3 Å². The number of fused-ring (bicyclic) bond motifs is 2. The Morgan fingerprint density at radius 3 is 3.03 bits per heavy atom. The van der Waals surface area contributed by atoms with Crippen molar-refractivity contribution in [3.8, 4) is 11.6 Å². The van der Waals surface area contributed by atoms with Gasteiger partial charge in [0.2, 0.25) is 0 Å². The molecule has 1 aliphatic heterocycles. The van der Waals surface area contributed by atoms with E-state index in [2.05, 4.69) is 30.4 Å². The lowest BCUT2D eigenvalue weighted by Crippen LogP contribution is -2.41. The van der Waals surface area contributed by atoms with Gasteiger partial charge in [0.25, 0.3) is 5.89 Å². The van der Waals surface area contributed by atoms with Crippen LogP contribution in [0.2, 0.25) is 0 Å². The predicted molar refractivity (Wildman–Crippen MR) is 107 cm³/mol. The van der Waals surface area contributed by atoms with E-state index in [1.54, 1.807) is 39.7 Å². The normalized spacial score (nSPS) is 16.0. The molecule has 0 saturated heterocycles. The average Bonchev–Trinajstić information content (AvgIpc) is 3.57. The minimum Gasteiger partial charge on any atom is -0.411 e. The highest BCUT2D eigenvalue weighted by atomic mass is 16.4. The van der Waals surface area contributed by atoms with Crippen LogP contribution in [0, 0.1) is 0 Å². The standard InChI is InChI=1S/C20H17N9O2/c1-27-15(5-7-23-27)18-24-25-19(31-18)20(30)28-9-6-13-16(22-11-21-13)17(28)14-10-12-4-2-3-8-29(12)26-14/h2-5,7-8,10-11,17H,6,9H2,1H3,(H,21,22)/t17-/m1/s1. The van der Waals surface area contributed by atoms with Crippen LogP contribution in [-0.4, -0.2) is 56.9 Å². The van der Waals surface area contributed by atoms with Crippen molar-refractivity contribution in [3.63, 3.8) is 0 Å². The van der Waals surface area contributed by atoms with Gasteiger partial charge in [-0.25, -0.2) is 9.50 Å². The Morgan fingerprint density at radius 1 is 1.26 bits per heavy atom. The number of rotatable bonds is 3. The zero-order valence-corrected chi connectivity index (χ0v) is 16.5. The highest BCUT2D eigenvalue weighted by Gasteiger charge is 2.38. The third kappa shape index (κ3) is 2.74. The quantitative estimate of drug-likeness (QED) is 0.475. The van der Waals surface area contributed by atoms with Crippen LogP contribution in [0.15, 0.2) is 53.5 Å². The summed E-state index contributed by atoms with van der Waals surface area (Å²) in [6, 6.07) is 9.07. The maximum absolute atomic E-state index is 13.4. The lowest BCUT2D eigenvalue weighted by Gasteiger charge is -2.32. The molecule has 1 aliphatic rings. The zero-order chi connectivity index (χ0) is 20.9. The third-order valence-corrected chi connectivity index (χ3v) is 5.50. The molecular formula is C20H17N9O2. The number of amides is 1. The van der Waals surface area contributed by atoms with Crippen LogP contribution >= 0.6 is 0 Å². The van der Waals surface area contributed by atoms with Gasteiger partial charge in [0.1, 0.15) is 11.7 Å². The number of pyridine rings is 1. The summed E-state index contributed by atoms with van der Waals surface area (Å²) >= 11 is 0. The Kier molecular flexibility index (Phi) is 3.75. The number of imidazole rings is 1. The molecule has 1 N–H and O–H groups in total. The van der Waals surface area contributed by atoms with Crippen molar-refractivity contribution in [3.05, 3.63) is 72.0 Å². The van der Waals surface area contributed by atoms with E-state index in [0.717, 1.165) is 22.6 Å². The van der Waals surface area contributed by atoms with E-state index >= 15 is 0 Å². The van der Waals surface area contributed by atoms with Crippen LogP contribution < -0.4 is 0 Å². The van der Waals surface area contributed by atoms with E-state index in [4.69, 9.17) is 4.42 Å². The van der Waals surface area contributed by atoms with Crippen LogP contribution in [0.1, 0.15) is 33.8 Å². The number of aromatic nitrogens is 8. The van der Waals surface area contributed by atoms with Gasteiger partial charge in [-0.2, -0.15) is 10.2 Å². The molecule has 1 atom stereocenters. The maximum atomic E-state index is 13.4. The first-order valence-electron chi connectivity index (χ1n) is 9.78. The molecule has 31 heavy (non-hydrogen) atoms. The Balaban J connectivity index is 1.41. The number of nitrogens with zero attached hydrogens (tertiary/aromatic N) is 8. The summed E-state index contributed by atoms with van der Waals surface area (Å²) in [6.45, 7) is 0.468. The minimum absolute atomic E-state index is 0.0797. The van der Waals surface area contributed by atoms with Gasteiger partial charge in [0.15, 0.2) is 0 Å². The Morgan fingerprint density at radius 2 is 2.19 bits per heavy atom. The van der Waals surface area contributed by atoms with Crippen molar-refractivity contribution in [1.29, 1.82) is 0 Å². The van der Waals surface area contributed by atoms with Crippen LogP contribution in [0.4, 0.5) is 0 Å². The summed E-state index contributed by atoms with van der Waals surface area (Å²) in [5.41, 5.74) is 4.06. The van der Waals surface area contributed by atoms with Crippen molar-refractivity contribution >= 4 is 11.4 Å². The second-order valence-electron chi connectivity index (χ2n) is 7.31. The smallest absolute Gasteiger partial charge is 0.312 e. The fourth-order valence-electron chi connectivity index (χ4n) is 4.01. The van der Waals surface area contributed by atoms with Gasteiger partial charge < -0.3 is 14.3 Å². The molecule has 11 nitrogen and oxygen atoms in total. The number of carbonyl (C=O) groups excluding carboxylic acids is 1. The number of carbonyl (C=O) groups is 1. The molecule has 5 aromatic heterocycles. The minimum atomic E-state index is -0.463. The van der Waals surface area contributed by atoms with Crippen LogP contribution in [0.5, 0.6) is 0 Å². The molecule has 6 heterocycles. The Hall–Kier alpha value is -4.28. The summed E-state index contributed by atoms with van der Waals surface area (Å²) in [7, 11) is 1.77. The Bertz CT molecular complexity index is 1380. The topological polar surface area (TPSA) is 123 Å². The third-order valence-electron chi connectivity index (χ3n) is 5.50. The van der Waals surface area contributed by atoms with E-state index in [-0.39, 0.29) is 17.7 Å². The van der Waals surface area contributed by atoms with E-state index in [1.807, 2.05) is 30.5 Å². The molecule has 5 aromatic rings. The molecule has 6 rings (SSSR count). The molecule has 0 aliphatic carbocycles. The second kappa shape index (κ2) is 6.62. The first kappa shape index (κ1) is 17.6. The molecule has 0 saturated carbocycles. The average molecular weight is 415 g/mol. The molecule has 0 aromatic carbocycles. The largest absolute Gasteiger partial charge is 0.411 e. The first-order valence-corrected chi connectivity index (χ1v) is 9.78. The van der Waals surface area contributed by atoms with E-state index in [0.29, 0.717) is 18.7 Å². The lowest BCUT2D eigenvalue weighted by molar-refractivity contribution is 0.0646. The Labute approximate surface area is 175 Å². The summed E-state index contributed by atoms with van der Waals surface area (Å²) < 4.78 is 9.10. The van der Waals surface area contributed by atoms with Gasteiger partial charge in [0, 0.05) is 38.1 Å². The number of H-pyrrole nitrogens is 1. The van der Waals surface area contributed by atoms with Crippen LogP contribution in [0.3, 0.4) is 0 Å². The number of aromatic amines is 1. The number of hydrogen-bond acceptors (Lipinski definition) is 7. The second-order valence-corrected chi connectivity index (χ2v) is 7.31.